The molecule has 0 N–H and O–H groups in total. The van der Waals surface area contributed by atoms with Gasteiger partial charge in [-0.1, -0.05) is 6.07 Å². The van der Waals surface area contributed by atoms with Gasteiger partial charge in [0.15, 0.2) is 13.2 Å². The summed E-state index contributed by atoms with van der Waals surface area (Å²) in [5.74, 6) is -1.69. The summed E-state index contributed by atoms with van der Waals surface area (Å²) in [6.45, 7) is 9.14. The van der Waals surface area contributed by atoms with Crippen molar-refractivity contribution < 1.29 is 33.5 Å². The molecule has 27 heavy (non-hydrogen) atoms. The molecule has 0 heterocycles. The average molecular weight is 383 g/mol. The van der Waals surface area contributed by atoms with E-state index in [1.165, 1.54) is 18.2 Å². The molecule has 0 fully saturated rings. The zero-order chi connectivity index (χ0) is 20.8. The van der Waals surface area contributed by atoms with Gasteiger partial charge in [0.1, 0.15) is 11.2 Å². The Morgan fingerprint density at radius 3 is 1.56 bits per heavy atom. The standard InChI is InChI=1S/C18H25NO8/c1-17(2,3)26-14(20)10-24-12-8-7-9-13(16(12)19(22)23)25-11-15(21)27-18(4,5)6/h7-9H,10-11H2,1-6H3. The van der Waals surface area contributed by atoms with E-state index in [4.69, 9.17) is 18.9 Å². The van der Waals surface area contributed by atoms with E-state index in [0.717, 1.165) is 0 Å². The van der Waals surface area contributed by atoms with Crippen LogP contribution in [0.2, 0.25) is 0 Å². The number of rotatable bonds is 7. The number of carbonyl (C=O) groups is 2. The molecule has 0 atom stereocenters. The van der Waals surface area contributed by atoms with Gasteiger partial charge in [0.05, 0.1) is 4.92 Å². The minimum Gasteiger partial charge on any atom is -0.475 e. The average Bonchev–Trinajstić information content (AvgIpc) is 2.47. The SMILES string of the molecule is CC(C)(C)OC(=O)COc1cccc(OCC(=O)OC(C)(C)C)c1[N+](=O)[O-]. The maximum absolute atomic E-state index is 11.7. The van der Waals surface area contributed by atoms with Crippen LogP contribution < -0.4 is 9.47 Å². The summed E-state index contributed by atoms with van der Waals surface area (Å²) in [5, 5.41) is 11.4. The third kappa shape index (κ3) is 8.39. The fourth-order valence-electron chi connectivity index (χ4n) is 1.93. The Hall–Kier alpha value is -2.84. The van der Waals surface area contributed by atoms with Gasteiger partial charge in [0.2, 0.25) is 11.5 Å². The maximum Gasteiger partial charge on any atom is 0.352 e. The van der Waals surface area contributed by atoms with Crippen LogP contribution >= 0.6 is 0 Å². The highest BCUT2D eigenvalue weighted by Crippen LogP contribution is 2.36. The molecule has 0 amide bonds. The molecule has 9 nitrogen and oxygen atoms in total. The predicted octanol–water partition coefficient (Wildman–Crippen LogP) is 3.04. The van der Waals surface area contributed by atoms with Crippen LogP contribution in [-0.4, -0.2) is 41.3 Å². The summed E-state index contributed by atoms with van der Waals surface area (Å²) in [6.07, 6.45) is 0. The molecule has 0 aromatic heterocycles. The Kier molecular flexibility index (Phi) is 7.15. The van der Waals surface area contributed by atoms with Crippen molar-refractivity contribution in [3.63, 3.8) is 0 Å². The van der Waals surface area contributed by atoms with Crippen LogP contribution in [0, 0.1) is 10.1 Å². The lowest BCUT2D eigenvalue weighted by atomic mass is 10.2. The zero-order valence-corrected chi connectivity index (χ0v) is 16.4. The van der Waals surface area contributed by atoms with Crippen LogP contribution in [0.25, 0.3) is 0 Å². The van der Waals surface area contributed by atoms with Crippen molar-refractivity contribution in [3.8, 4) is 11.5 Å². The van der Waals surface area contributed by atoms with E-state index in [1.54, 1.807) is 41.5 Å². The topological polar surface area (TPSA) is 114 Å². The number of hydrogen-bond acceptors (Lipinski definition) is 8. The van der Waals surface area contributed by atoms with Crippen molar-refractivity contribution in [2.75, 3.05) is 13.2 Å². The molecule has 1 aromatic carbocycles. The molecular weight excluding hydrogens is 358 g/mol. The molecule has 0 unspecified atom stereocenters. The summed E-state index contributed by atoms with van der Waals surface area (Å²) in [7, 11) is 0. The normalized spacial score (nSPS) is 11.5. The van der Waals surface area contributed by atoms with Gasteiger partial charge in [0, 0.05) is 0 Å². The van der Waals surface area contributed by atoms with Crippen molar-refractivity contribution in [1.82, 2.24) is 0 Å². The van der Waals surface area contributed by atoms with Gasteiger partial charge in [-0.3, -0.25) is 10.1 Å². The number of esters is 2. The summed E-state index contributed by atoms with van der Waals surface area (Å²) < 4.78 is 20.6. The zero-order valence-electron chi connectivity index (χ0n) is 16.4. The molecule has 9 heteroatoms. The van der Waals surface area contributed by atoms with Gasteiger partial charge in [-0.15, -0.1) is 0 Å². The Balaban J connectivity index is 2.86. The molecule has 150 valence electrons. The predicted molar refractivity (Wildman–Crippen MR) is 95.8 cm³/mol. The van der Waals surface area contributed by atoms with E-state index in [9.17, 15) is 19.7 Å². The quantitative estimate of drug-likeness (QED) is 0.401. The molecule has 0 aliphatic rings. The number of ether oxygens (including phenoxy) is 4. The minimum absolute atomic E-state index is 0.174. The van der Waals surface area contributed by atoms with Gasteiger partial charge >= 0.3 is 17.6 Å². The van der Waals surface area contributed by atoms with Gasteiger partial charge in [-0.25, -0.2) is 9.59 Å². The largest absolute Gasteiger partial charge is 0.475 e. The first-order valence-electron chi connectivity index (χ1n) is 8.25. The first-order valence-corrected chi connectivity index (χ1v) is 8.25. The molecule has 0 radical (unpaired) electrons. The van der Waals surface area contributed by atoms with Crippen molar-refractivity contribution >= 4 is 17.6 Å². The Morgan fingerprint density at radius 1 is 0.889 bits per heavy atom. The smallest absolute Gasteiger partial charge is 0.352 e. The third-order valence-electron chi connectivity index (χ3n) is 2.68. The lowest BCUT2D eigenvalue weighted by Crippen LogP contribution is -2.27. The first-order chi connectivity index (χ1) is 12.3. The van der Waals surface area contributed by atoms with Crippen LogP contribution in [0.15, 0.2) is 18.2 Å². The van der Waals surface area contributed by atoms with Crippen LogP contribution in [0.5, 0.6) is 11.5 Å². The highest BCUT2D eigenvalue weighted by Gasteiger charge is 2.25. The van der Waals surface area contributed by atoms with Crippen LogP contribution in [-0.2, 0) is 19.1 Å². The monoisotopic (exact) mass is 383 g/mol. The molecule has 1 aromatic rings. The number of nitrogens with zero attached hydrogens (tertiary/aromatic N) is 1. The van der Waals surface area contributed by atoms with Gasteiger partial charge in [-0.05, 0) is 53.7 Å². The number of hydrogen-bond donors (Lipinski definition) is 0. The lowest BCUT2D eigenvalue weighted by molar-refractivity contribution is -0.386. The van der Waals surface area contributed by atoms with Crippen LogP contribution in [0.3, 0.4) is 0 Å². The fourth-order valence-corrected chi connectivity index (χ4v) is 1.93. The molecule has 0 aliphatic carbocycles. The summed E-state index contributed by atoms with van der Waals surface area (Å²) in [6, 6.07) is 4.09. The van der Waals surface area contributed by atoms with E-state index in [1.807, 2.05) is 0 Å². The first kappa shape index (κ1) is 22.2. The molecule has 0 aliphatic heterocycles. The van der Waals surface area contributed by atoms with Gasteiger partial charge in [-0.2, -0.15) is 0 Å². The summed E-state index contributed by atoms with van der Waals surface area (Å²) in [5.41, 5.74) is -1.90. The molecule has 0 bridgehead atoms. The van der Waals surface area contributed by atoms with E-state index < -0.39 is 47.0 Å². The molecule has 0 saturated heterocycles. The van der Waals surface area contributed by atoms with E-state index in [0.29, 0.717) is 0 Å². The highest BCUT2D eigenvalue weighted by molar-refractivity contribution is 5.73. The summed E-state index contributed by atoms with van der Waals surface area (Å²) >= 11 is 0. The second-order valence-corrected chi connectivity index (χ2v) is 7.61. The van der Waals surface area contributed by atoms with Gasteiger partial charge < -0.3 is 18.9 Å². The number of carbonyl (C=O) groups excluding carboxylic acids is 2. The number of nitro groups is 1. The maximum atomic E-state index is 11.7. The lowest BCUT2D eigenvalue weighted by Gasteiger charge is -2.20. The van der Waals surface area contributed by atoms with Crippen molar-refractivity contribution in [3.05, 3.63) is 28.3 Å². The Bertz CT molecular complexity index is 650. The van der Waals surface area contributed by atoms with Crippen molar-refractivity contribution in [2.45, 2.75) is 52.7 Å². The van der Waals surface area contributed by atoms with Crippen LogP contribution in [0.1, 0.15) is 41.5 Å². The Labute approximate surface area is 157 Å². The third-order valence-corrected chi connectivity index (χ3v) is 2.68. The van der Waals surface area contributed by atoms with E-state index in [2.05, 4.69) is 0 Å². The fraction of sp³-hybridized carbons (Fsp3) is 0.556. The van der Waals surface area contributed by atoms with Gasteiger partial charge in [0.25, 0.3) is 0 Å². The number of nitro benzene ring substituents is 1. The van der Waals surface area contributed by atoms with Crippen LogP contribution in [0.4, 0.5) is 5.69 Å². The minimum atomic E-state index is -0.713. The molecule has 0 spiro atoms. The van der Waals surface area contributed by atoms with E-state index >= 15 is 0 Å². The Morgan fingerprint density at radius 2 is 1.26 bits per heavy atom. The number of benzene rings is 1. The van der Waals surface area contributed by atoms with Crippen molar-refractivity contribution in [2.24, 2.45) is 0 Å². The molecular formula is C18H25NO8. The second kappa shape index (κ2) is 8.70. The summed E-state index contributed by atoms with van der Waals surface area (Å²) in [4.78, 5) is 34.2. The van der Waals surface area contributed by atoms with Crippen molar-refractivity contribution in [1.29, 1.82) is 0 Å². The molecule has 0 saturated carbocycles. The second-order valence-electron chi connectivity index (χ2n) is 7.61. The van der Waals surface area contributed by atoms with E-state index in [-0.39, 0.29) is 11.5 Å². The number of para-hydroxylation sites is 1. The highest BCUT2D eigenvalue weighted by atomic mass is 16.6. The molecule has 1 rings (SSSR count).